The fourth-order valence-corrected chi connectivity index (χ4v) is 6.33. The summed E-state index contributed by atoms with van der Waals surface area (Å²) < 4.78 is 2.36. The van der Waals surface area contributed by atoms with Gasteiger partial charge in [-0.15, -0.1) is 0 Å². The average molecular weight is 545 g/mol. The Morgan fingerprint density at radius 2 is 1.02 bits per heavy atom. The van der Waals surface area contributed by atoms with Gasteiger partial charge in [-0.3, -0.25) is 0 Å². The molecule has 0 atom stereocenters. The molecule has 194 valence electrons. The number of para-hydroxylation sites is 3. The zero-order valence-electron chi connectivity index (χ0n) is 22.2. The molecule has 3 heteroatoms. The van der Waals surface area contributed by atoms with E-state index in [0.29, 0.717) is 0 Å². The first-order valence-corrected chi connectivity index (χ1v) is 14.2. The molecule has 0 fully saturated rings. The van der Waals surface area contributed by atoms with Gasteiger partial charge in [0.25, 0.3) is 0 Å². The van der Waals surface area contributed by atoms with Gasteiger partial charge in [-0.2, -0.15) is 0 Å². The molecule has 41 heavy (non-hydrogen) atoms. The summed E-state index contributed by atoms with van der Waals surface area (Å²) in [7, 11) is 0. The SMILES string of the molecule is Clc1ccc2c(ccc3cc(N(c4ccccc4)c4ccc5c(c4)c4ccccc4n5-c4ccccc4)ccc32)c1. The molecule has 0 spiro atoms. The predicted octanol–water partition coefficient (Wildman–Crippen LogP) is 11.2. The molecule has 1 aromatic heterocycles. The number of rotatable bonds is 4. The minimum absolute atomic E-state index is 0.757. The van der Waals surface area contributed by atoms with Gasteiger partial charge in [0.2, 0.25) is 0 Å². The molecule has 8 rings (SSSR count). The number of fused-ring (bicyclic) bond motifs is 6. The Bertz CT molecular complexity index is 2220. The number of nitrogens with zero attached hydrogens (tertiary/aromatic N) is 2. The standard InChI is InChI=1S/C38H25ClN2/c39-28-17-20-33-26(23-28)15-16-27-24-31(18-21-34(27)33)40(29-9-3-1-4-10-29)32-19-22-38-36(25-32)35-13-7-8-14-37(35)41(38)30-11-5-2-6-12-30/h1-25H. The zero-order valence-corrected chi connectivity index (χ0v) is 23.0. The van der Waals surface area contributed by atoms with Crippen LogP contribution >= 0.6 is 11.6 Å². The molecule has 0 amide bonds. The van der Waals surface area contributed by atoms with Crippen molar-refractivity contribution in [3.8, 4) is 5.69 Å². The van der Waals surface area contributed by atoms with Crippen molar-refractivity contribution in [3.63, 3.8) is 0 Å². The minimum atomic E-state index is 0.757. The Morgan fingerprint density at radius 1 is 0.415 bits per heavy atom. The van der Waals surface area contributed by atoms with Crippen molar-refractivity contribution < 1.29 is 0 Å². The number of hydrogen-bond acceptors (Lipinski definition) is 1. The smallest absolute Gasteiger partial charge is 0.0542 e. The van der Waals surface area contributed by atoms with Crippen LogP contribution < -0.4 is 4.90 Å². The van der Waals surface area contributed by atoms with E-state index in [4.69, 9.17) is 11.6 Å². The number of anilines is 3. The third kappa shape index (κ3) is 3.96. The van der Waals surface area contributed by atoms with Crippen LogP contribution in [0.2, 0.25) is 5.02 Å². The summed E-state index contributed by atoms with van der Waals surface area (Å²) in [6.45, 7) is 0. The van der Waals surface area contributed by atoms with Crippen molar-refractivity contribution in [2.75, 3.05) is 4.90 Å². The maximum absolute atomic E-state index is 6.28. The highest BCUT2D eigenvalue weighted by atomic mass is 35.5. The molecule has 0 bridgehead atoms. The van der Waals surface area contributed by atoms with Gasteiger partial charge in [0.1, 0.15) is 0 Å². The second-order valence-corrected chi connectivity index (χ2v) is 10.8. The van der Waals surface area contributed by atoms with Gasteiger partial charge in [-0.05, 0) is 94.3 Å². The Hall–Kier alpha value is -5.05. The first-order chi connectivity index (χ1) is 20.2. The molecule has 0 radical (unpaired) electrons. The third-order valence-electron chi connectivity index (χ3n) is 7.98. The fraction of sp³-hybridized carbons (Fsp3) is 0. The van der Waals surface area contributed by atoms with Gasteiger partial charge in [-0.25, -0.2) is 0 Å². The molecule has 0 N–H and O–H groups in total. The maximum Gasteiger partial charge on any atom is 0.0542 e. The minimum Gasteiger partial charge on any atom is -0.310 e. The van der Waals surface area contributed by atoms with E-state index in [0.717, 1.165) is 33.2 Å². The van der Waals surface area contributed by atoms with Gasteiger partial charge in [0, 0.05) is 38.5 Å². The summed E-state index contributed by atoms with van der Waals surface area (Å²) in [6, 6.07) is 53.9. The molecular formula is C38H25ClN2. The Balaban J connectivity index is 1.35. The van der Waals surface area contributed by atoms with Crippen LogP contribution in [-0.4, -0.2) is 4.57 Å². The van der Waals surface area contributed by atoms with Crippen molar-refractivity contribution in [1.29, 1.82) is 0 Å². The van der Waals surface area contributed by atoms with E-state index in [9.17, 15) is 0 Å². The molecule has 0 saturated carbocycles. The predicted molar refractivity (Wildman–Crippen MR) is 175 cm³/mol. The Morgan fingerprint density at radius 3 is 1.83 bits per heavy atom. The van der Waals surface area contributed by atoms with Gasteiger partial charge >= 0.3 is 0 Å². The zero-order chi connectivity index (χ0) is 27.3. The fourth-order valence-electron chi connectivity index (χ4n) is 6.15. The molecule has 0 unspecified atom stereocenters. The molecule has 7 aromatic carbocycles. The van der Waals surface area contributed by atoms with E-state index in [1.165, 1.54) is 38.0 Å². The highest BCUT2D eigenvalue weighted by Crippen LogP contribution is 2.41. The topological polar surface area (TPSA) is 8.17 Å². The Labute approximate surface area is 243 Å². The van der Waals surface area contributed by atoms with Crippen LogP contribution in [0.3, 0.4) is 0 Å². The number of hydrogen-bond donors (Lipinski definition) is 0. The molecule has 2 nitrogen and oxygen atoms in total. The second-order valence-electron chi connectivity index (χ2n) is 10.4. The van der Waals surface area contributed by atoms with Crippen LogP contribution in [0.5, 0.6) is 0 Å². The van der Waals surface area contributed by atoms with E-state index in [-0.39, 0.29) is 0 Å². The van der Waals surface area contributed by atoms with Crippen molar-refractivity contribution in [2.24, 2.45) is 0 Å². The van der Waals surface area contributed by atoms with Crippen molar-refractivity contribution in [2.45, 2.75) is 0 Å². The first kappa shape index (κ1) is 23.8. The molecular weight excluding hydrogens is 520 g/mol. The molecule has 0 aliphatic carbocycles. The first-order valence-electron chi connectivity index (χ1n) is 13.8. The molecule has 0 aliphatic rings. The second kappa shape index (κ2) is 9.55. The summed E-state index contributed by atoms with van der Waals surface area (Å²) in [4.78, 5) is 2.35. The van der Waals surface area contributed by atoms with E-state index < -0.39 is 0 Å². The van der Waals surface area contributed by atoms with Gasteiger partial charge in [0.05, 0.1) is 11.0 Å². The highest BCUT2D eigenvalue weighted by Gasteiger charge is 2.17. The van der Waals surface area contributed by atoms with Crippen LogP contribution in [0, 0.1) is 0 Å². The molecule has 1 heterocycles. The lowest BCUT2D eigenvalue weighted by molar-refractivity contribution is 1.18. The summed E-state index contributed by atoms with van der Waals surface area (Å²) >= 11 is 6.28. The van der Waals surface area contributed by atoms with Crippen molar-refractivity contribution >= 4 is 72.0 Å². The van der Waals surface area contributed by atoms with Crippen molar-refractivity contribution in [3.05, 3.63) is 157 Å². The van der Waals surface area contributed by atoms with Crippen LogP contribution in [0.25, 0.3) is 49.0 Å². The quantitative estimate of drug-likeness (QED) is 0.200. The molecule has 8 aromatic rings. The number of aromatic nitrogens is 1. The monoisotopic (exact) mass is 544 g/mol. The molecule has 0 aliphatic heterocycles. The normalized spacial score (nSPS) is 11.5. The summed E-state index contributed by atoms with van der Waals surface area (Å²) in [5, 5.41) is 8.00. The van der Waals surface area contributed by atoms with Gasteiger partial charge < -0.3 is 9.47 Å². The summed E-state index contributed by atoms with van der Waals surface area (Å²) in [6.07, 6.45) is 0. The lowest BCUT2D eigenvalue weighted by atomic mass is 10.0. The van der Waals surface area contributed by atoms with Crippen LogP contribution in [-0.2, 0) is 0 Å². The van der Waals surface area contributed by atoms with Crippen LogP contribution in [0.4, 0.5) is 17.1 Å². The third-order valence-corrected chi connectivity index (χ3v) is 8.22. The van der Waals surface area contributed by atoms with E-state index in [1.807, 2.05) is 12.1 Å². The number of benzene rings is 7. The number of halogens is 1. The maximum atomic E-state index is 6.28. The Kier molecular flexibility index (Phi) is 5.54. The lowest BCUT2D eigenvalue weighted by Gasteiger charge is -2.26. The van der Waals surface area contributed by atoms with Gasteiger partial charge in [-0.1, -0.05) is 90.5 Å². The summed E-state index contributed by atoms with van der Waals surface area (Å²) in [5.74, 6) is 0. The van der Waals surface area contributed by atoms with E-state index in [2.05, 4.69) is 149 Å². The largest absolute Gasteiger partial charge is 0.310 e. The van der Waals surface area contributed by atoms with E-state index in [1.54, 1.807) is 0 Å². The van der Waals surface area contributed by atoms with E-state index >= 15 is 0 Å². The average Bonchev–Trinajstić information content (AvgIpc) is 3.36. The van der Waals surface area contributed by atoms with Crippen LogP contribution in [0.15, 0.2) is 152 Å². The summed E-state index contributed by atoms with van der Waals surface area (Å²) in [5.41, 5.74) is 6.90. The lowest BCUT2D eigenvalue weighted by Crippen LogP contribution is -2.09. The van der Waals surface area contributed by atoms with Crippen molar-refractivity contribution in [1.82, 2.24) is 4.57 Å². The van der Waals surface area contributed by atoms with Gasteiger partial charge in [0.15, 0.2) is 0 Å². The molecule has 0 saturated heterocycles. The highest BCUT2D eigenvalue weighted by molar-refractivity contribution is 6.31. The van der Waals surface area contributed by atoms with Crippen LogP contribution in [0.1, 0.15) is 0 Å².